The molecule has 0 radical (unpaired) electrons. The summed E-state index contributed by atoms with van der Waals surface area (Å²) in [6.07, 6.45) is -5.32. The van der Waals surface area contributed by atoms with Crippen LogP contribution in [-0.4, -0.2) is 20.6 Å². The lowest BCUT2D eigenvalue weighted by atomic mass is 10.1. The smallest absolute Gasteiger partial charge is 0.333 e. The second-order valence-corrected chi connectivity index (χ2v) is 6.46. The van der Waals surface area contributed by atoms with Gasteiger partial charge in [-0.05, 0) is 12.8 Å². The molecule has 2 aromatic rings. The van der Waals surface area contributed by atoms with Crippen LogP contribution in [0.1, 0.15) is 31.2 Å². The zero-order chi connectivity index (χ0) is 20.4. The highest BCUT2D eigenvalue weighted by atomic mass is 32.2. The number of allylic oxidation sites excluding steroid dienone is 2. The van der Waals surface area contributed by atoms with Crippen LogP contribution < -0.4 is 0 Å². The molecule has 0 saturated carbocycles. The van der Waals surface area contributed by atoms with Crippen molar-refractivity contribution in [1.29, 1.82) is 0 Å². The van der Waals surface area contributed by atoms with E-state index in [2.05, 4.69) is 4.98 Å². The number of rotatable bonds is 6. The molecule has 0 fully saturated rings. The summed E-state index contributed by atoms with van der Waals surface area (Å²) in [4.78, 5) is 14.3. The minimum absolute atomic E-state index is 0.146. The molecular formula is C15H13F6N3O2S. The van der Waals surface area contributed by atoms with Crippen molar-refractivity contribution in [3.8, 4) is 0 Å². The Bertz CT molecular complexity index is 873. The first-order valence-electron chi connectivity index (χ1n) is 7.60. The summed E-state index contributed by atoms with van der Waals surface area (Å²) < 4.78 is 78.9. The quantitative estimate of drug-likeness (QED) is 0.158. The van der Waals surface area contributed by atoms with Crippen molar-refractivity contribution in [2.45, 2.75) is 37.0 Å². The number of alkyl halides is 6. The number of benzene rings is 1. The molecule has 0 atom stereocenters. The molecular weight excluding hydrogens is 400 g/mol. The zero-order valence-corrected chi connectivity index (χ0v) is 14.6. The molecule has 0 aliphatic heterocycles. The number of hydrogen-bond acceptors (Lipinski definition) is 4. The Labute approximate surface area is 153 Å². The lowest BCUT2D eigenvalue weighted by Gasteiger charge is -2.13. The van der Waals surface area contributed by atoms with Crippen LogP contribution >= 0.6 is 11.8 Å². The molecule has 0 spiro atoms. The van der Waals surface area contributed by atoms with Gasteiger partial charge in [0.15, 0.2) is 5.52 Å². The third kappa shape index (κ3) is 4.73. The molecule has 27 heavy (non-hydrogen) atoms. The van der Waals surface area contributed by atoms with Crippen molar-refractivity contribution in [3.05, 3.63) is 39.7 Å². The van der Waals surface area contributed by atoms with Gasteiger partial charge in [0.05, 0.1) is 16.0 Å². The number of H-pyrrole nitrogens is 1. The normalized spacial score (nSPS) is 13.0. The highest BCUT2D eigenvalue weighted by Gasteiger charge is 2.41. The summed E-state index contributed by atoms with van der Waals surface area (Å²) in [7, 11) is 0. The maximum Gasteiger partial charge on any atom is 0.449 e. The highest BCUT2D eigenvalue weighted by Crippen LogP contribution is 2.44. The highest BCUT2D eigenvalue weighted by molar-refractivity contribution is 7.99. The summed E-state index contributed by atoms with van der Waals surface area (Å²) in [6.45, 7) is 1.87. The van der Waals surface area contributed by atoms with Crippen molar-refractivity contribution < 1.29 is 31.3 Å². The molecule has 148 valence electrons. The van der Waals surface area contributed by atoms with Crippen LogP contribution in [0, 0.1) is 10.1 Å². The summed E-state index contributed by atoms with van der Waals surface area (Å²) in [5.74, 6) is -1.44. The number of nitrogens with one attached hydrogen (secondary N) is 1. The standard InChI is InChI=1S/C15H13F6N3O2S/c1-2-3-4-5-6-27-12-8(14(16,17)18)7-9(24(25)26)10-11(12)23-13(22-10)15(19,20)21/h3-4,7H,2,5-6H2,1H3,(H,22,23)/b4-3+. The average Bonchev–Trinajstić information content (AvgIpc) is 2.98. The molecule has 2 rings (SSSR count). The van der Waals surface area contributed by atoms with Crippen LogP contribution in [-0.2, 0) is 12.4 Å². The Morgan fingerprint density at radius 3 is 2.41 bits per heavy atom. The van der Waals surface area contributed by atoms with E-state index in [1.165, 1.54) is 0 Å². The van der Waals surface area contributed by atoms with Crippen LogP contribution in [0.2, 0.25) is 0 Å². The first-order chi connectivity index (χ1) is 12.5. The third-order valence-electron chi connectivity index (χ3n) is 3.40. The Morgan fingerprint density at radius 1 is 1.22 bits per heavy atom. The van der Waals surface area contributed by atoms with E-state index >= 15 is 0 Å². The second-order valence-electron chi connectivity index (χ2n) is 5.35. The minimum Gasteiger partial charge on any atom is -0.333 e. The Morgan fingerprint density at radius 2 is 1.89 bits per heavy atom. The molecule has 0 unspecified atom stereocenters. The van der Waals surface area contributed by atoms with Gasteiger partial charge in [0.1, 0.15) is 0 Å². The maximum atomic E-state index is 13.4. The topological polar surface area (TPSA) is 71.8 Å². The minimum atomic E-state index is -4.99. The van der Waals surface area contributed by atoms with Crippen molar-refractivity contribution in [3.63, 3.8) is 0 Å². The number of nitrogens with zero attached hydrogens (tertiary/aromatic N) is 2. The Hall–Kier alpha value is -2.24. The summed E-state index contributed by atoms with van der Waals surface area (Å²) >= 11 is 0.666. The van der Waals surface area contributed by atoms with Crippen molar-refractivity contribution in [2.75, 3.05) is 5.75 Å². The number of aromatic nitrogens is 2. The van der Waals surface area contributed by atoms with E-state index in [0.717, 1.165) is 6.42 Å². The average molecular weight is 413 g/mol. The van der Waals surface area contributed by atoms with Crippen LogP contribution in [0.3, 0.4) is 0 Å². The SMILES string of the molecule is CC/C=C/CCSc1c(C(F)(F)F)cc([N+](=O)[O-])c2nc(C(F)(F)F)[nH]c12. The van der Waals surface area contributed by atoms with Gasteiger partial charge in [0.25, 0.3) is 5.69 Å². The van der Waals surface area contributed by atoms with Gasteiger partial charge in [-0.25, -0.2) is 4.98 Å². The van der Waals surface area contributed by atoms with Crippen molar-refractivity contribution >= 4 is 28.5 Å². The summed E-state index contributed by atoms with van der Waals surface area (Å²) in [6, 6.07) is 0.230. The van der Waals surface area contributed by atoms with E-state index in [0.29, 0.717) is 18.2 Å². The van der Waals surface area contributed by atoms with Crippen LogP contribution in [0.4, 0.5) is 32.0 Å². The van der Waals surface area contributed by atoms with Gasteiger partial charge < -0.3 is 4.98 Å². The number of halogens is 6. The lowest BCUT2D eigenvalue weighted by molar-refractivity contribution is -0.383. The largest absolute Gasteiger partial charge is 0.449 e. The van der Waals surface area contributed by atoms with Gasteiger partial charge in [-0.15, -0.1) is 11.8 Å². The van der Waals surface area contributed by atoms with E-state index in [4.69, 9.17) is 0 Å². The molecule has 1 aromatic carbocycles. The Balaban J connectivity index is 2.67. The number of nitro benzene ring substituents is 1. The zero-order valence-electron chi connectivity index (χ0n) is 13.7. The first kappa shape index (κ1) is 21.1. The number of aromatic amines is 1. The van der Waals surface area contributed by atoms with Crippen molar-refractivity contribution in [2.24, 2.45) is 0 Å². The predicted molar refractivity (Wildman–Crippen MR) is 87.5 cm³/mol. The van der Waals surface area contributed by atoms with E-state index in [9.17, 15) is 36.5 Å². The fourth-order valence-electron chi connectivity index (χ4n) is 2.28. The van der Waals surface area contributed by atoms with Gasteiger partial charge in [-0.2, -0.15) is 26.3 Å². The van der Waals surface area contributed by atoms with Gasteiger partial charge in [0.2, 0.25) is 5.82 Å². The van der Waals surface area contributed by atoms with Crippen LogP contribution in [0.25, 0.3) is 11.0 Å². The molecule has 1 aromatic heterocycles. The first-order valence-corrected chi connectivity index (χ1v) is 8.58. The van der Waals surface area contributed by atoms with E-state index in [1.807, 2.05) is 6.92 Å². The lowest BCUT2D eigenvalue weighted by Crippen LogP contribution is -2.09. The second kappa shape index (κ2) is 7.79. The number of hydrogen-bond donors (Lipinski definition) is 1. The summed E-state index contributed by atoms with van der Waals surface area (Å²) in [5, 5.41) is 11.1. The Kier molecular flexibility index (Phi) is 6.07. The molecule has 0 saturated heterocycles. The number of imidazole rings is 1. The number of fused-ring (bicyclic) bond motifs is 1. The van der Waals surface area contributed by atoms with Gasteiger partial charge in [0, 0.05) is 16.7 Å². The molecule has 1 heterocycles. The van der Waals surface area contributed by atoms with E-state index in [-0.39, 0.29) is 11.8 Å². The predicted octanol–water partition coefficient (Wildman–Crippen LogP) is 5.96. The van der Waals surface area contributed by atoms with Crippen molar-refractivity contribution in [1.82, 2.24) is 9.97 Å². The number of non-ortho nitro benzene ring substituents is 1. The van der Waals surface area contributed by atoms with Gasteiger partial charge in [-0.1, -0.05) is 19.1 Å². The molecule has 5 nitrogen and oxygen atoms in total. The fourth-order valence-corrected chi connectivity index (χ4v) is 3.36. The van der Waals surface area contributed by atoms with Gasteiger partial charge >= 0.3 is 12.4 Å². The fraction of sp³-hybridized carbons (Fsp3) is 0.400. The van der Waals surface area contributed by atoms with Gasteiger partial charge in [-0.3, -0.25) is 10.1 Å². The van der Waals surface area contributed by atoms with E-state index in [1.54, 1.807) is 17.1 Å². The van der Waals surface area contributed by atoms with E-state index < -0.39 is 50.3 Å². The number of thioether (sulfide) groups is 1. The molecule has 0 bridgehead atoms. The molecule has 1 N–H and O–H groups in total. The van der Waals surface area contributed by atoms with Crippen LogP contribution in [0.15, 0.2) is 23.1 Å². The third-order valence-corrected chi connectivity index (χ3v) is 4.56. The molecule has 0 amide bonds. The molecule has 0 aliphatic carbocycles. The maximum absolute atomic E-state index is 13.4. The number of nitro groups is 1. The monoisotopic (exact) mass is 413 g/mol. The van der Waals surface area contributed by atoms with Crippen LogP contribution in [0.5, 0.6) is 0 Å². The molecule has 12 heteroatoms. The summed E-state index contributed by atoms with van der Waals surface area (Å²) in [5.41, 5.74) is -3.91. The molecule has 0 aliphatic rings.